The molecule has 36 heavy (non-hydrogen) atoms. The number of carbonyl (C=O) groups is 2. The maximum Gasteiger partial charge on any atom is 0.338 e. The van der Waals surface area contributed by atoms with E-state index in [1.54, 1.807) is 21.7 Å². The summed E-state index contributed by atoms with van der Waals surface area (Å²) in [5, 5.41) is 15.1. The summed E-state index contributed by atoms with van der Waals surface area (Å²) in [5.41, 5.74) is 3.62. The van der Waals surface area contributed by atoms with E-state index < -0.39 is 5.97 Å². The molecule has 4 aromatic rings. The molecule has 0 radical (unpaired) electrons. The summed E-state index contributed by atoms with van der Waals surface area (Å²) in [7, 11) is 0. The van der Waals surface area contributed by atoms with E-state index in [4.69, 9.17) is 0 Å². The SMILES string of the molecule is CC(C)N(c1sc(-c2ccc(-c3cc4ncccn4n3)cc2)cc1C(=O)O)C(=O)[C@H]1CC[C@H](C)CC1. The number of aromatic carboxylic acids is 1. The molecule has 0 bridgehead atoms. The number of rotatable bonds is 6. The first-order chi connectivity index (χ1) is 17.3. The van der Waals surface area contributed by atoms with Crippen molar-refractivity contribution in [1.29, 1.82) is 0 Å². The van der Waals surface area contributed by atoms with Gasteiger partial charge in [0.05, 0.1) is 11.3 Å². The van der Waals surface area contributed by atoms with Crippen LogP contribution in [0, 0.1) is 11.8 Å². The van der Waals surface area contributed by atoms with Crippen LogP contribution >= 0.6 is 11.3 Å². The lowest BCUT2D eigenvalue weighted by molar-refractivity contribution is -0.123. The van der Waals surface area contributed by atoms with Crippen molar-refractivity contribution in [1.82, 2.24) is 14.6 Å². The molecule has 1 fully saturated rings. The molecule has 1 N–H and O–H groups in total. The Morgan fingerprint density at radius 2 is 1.78 bits per heavy atom. The van der Waals surface area contributed by atoms with E-state index in [1.165, 1.54) is 11.3 Å². The number of thiophene rings is 1. The standard InChI is InChI=1S/C28H30N4O3S/c1-17(2)32(26(33)21-7-5-18(3)6-8-21)27-22(28(34)35)15-24(36-27)20-11-9-19(10-12-20)23-16-25-29-13-4-14-31(25)30-23/h4,9-18,21H,5-8H2,1-3H3,(H,34,35)/t18-,21-. The lowest BCUT2D eigenvalue weighted by Crippen LogP contribution is -2.42. The van der Waals surface area contributed by atoms with E-state index in [9.17, 15) is 14.7 Å². The Balaban J connectivity index is 1.46. The molecule has 5 rings (SSSR count). The summed E-state index contributed by atoms with van der Waals surface area (Å²) in [6, 6.07) is 13.2. The van der Waals surface area contributed by atoms with Gasteiger partial charge in [0.15, 0.2) is 5.65 Å². The molecule has 3 heterocycles. The van der Waals surface area contributed by atoms with Crippen molar-refractivity contribution in [2.75, 3.05) is 4.90 Å². The molecule has 0 aliphatic heterocycles. The maximum absolute atomic E-state index is 13.6. The minimum absolute atomic E-state index is 0.0450. The monoisotopic (exact) mass is 502 g/mol. The first-order valence-corrected chi connectivity index (χ1v) is 13.2. The van der Waals surface area contributed by atoms with Crippen molar-refractivity contribution in [2.45, 2.75) is 52.5 Å². The van der Waals surface area contributed by atoms with Crippen LogP contribution in [0.15, 0.2) is 54.9 Å². The molecule has 7 nitrogen and oxygen atoms in total. The highest BCUT2D eigenvalue weighted by molar-refractivity contribution is 7.20. The summed E-state index contributed by atoms with van der Waals surface area (Å²) >= 11 is 1.37. The van der Waals surface area contributed by atoms with Crippen molar-refractivity contribution in [2.24, 2.45) is 11.8 Å². The Labute approximate surface area is 214 Å². The number of aromatic nitrogens is 3. The van der Waals surface area contributed by atoms with Crippen LogP contribution in [0.25, 0.3) is 27.3 Å². The average Bonchev–Trinajstić information content (AvgIpc) is 3.49. The molecule has 186 valence electrons. The number of hydrogen-bond donors (Lipinski definition) is 1. The van der Waals surface area contributed by atoms with Crippen molar-refractivity contribution in [3.05, 3.63) is 60.4 Å². The summed E-state index contributed by atoms with van der Waals surface area (Å²) in [5.74, 6) is -0.375. The van der Waals surface area contributed by atoms with Crippen LogP contribution in [-0.4, -0.2) is 37.6 Å². The van der Waals surface area contributed by atoms with Gasteiger partial charge in [-0.2, -0.15) is 5.10 Å². The van der Waals surface area contributed by atoms with Gasteiger partial charge in [-0.25, -0.2) is 14.3 Å². The lowest BCUT2D eigenvalue weighted by atomic mass is 9.82. The molecule has 1 saturated carbocycles. The van der Waals surface area contributed by atoms with Crippen molar-refractivity contribution < 1.29 is 14.7 Å². The largest absolute Gasteiger partial charge is 0.478 e. The Hall–Kier alpha value is -3.52. The van der Waals surface area contributed by atoms with Gasteiger partial charge >= 0.3 is 5.97 Å². The van der Waals surface area contributed by atoms with Crippen molar-refractivity contribution in [3.63, 3.8) is 0 Å². The number of nitrogens with zero attached hydrogens (tertiary/aromatic N) is 4. The number of benzene rings is 1. The van der Waals surface area contributed by atoms with E-state index >= 15 is 0 Å². The highest BCUT2D eigenvalue weighted by Crippen LogP contribution is 2.41. The summed E-state index contributed by atoms with van der Waals surface area (Å²) in [6.45, 7) is 6.13. The Kier molecular flexibility index (Phi) is 6.62. The number of anilines is 1. The third-order valence-electron chi connectivity index (χ3n) is 6.98. The van der Waals surface area contributed by atoms with Crippen LogP contribution in [0.1, 0.15) is 56.8 Å². The minimum atomic E-state index is -1.02. The number of hydrogen-bond acceptors (Lipinski definition) is 5. The molecule has 8 heteroatoms. The Morgan fingerprint density at radius 1 is 1.08 bits per heavy atom. The van der Waals surface area contributed by atoms with Crippen LogP contribution in [0.3, 0.4) is 0 Å². The first-order valence-electron chi connectivity index (χ1n) is 12.4. The third kappa shape index (κ3) is 4.65. The summed E-state index contributed by atoms with van der Waals surface area (Å²) < 4.78 is 1.73. The van der Waals surface area contributed by atoms with Gasteiger partial charge in [-0.15, -0.1) is 11.3 Å². The second-order valence-electron chi connectivity index (χ2n) is 9.92. The summed E-state index contributed by atoms with van der Waals surface area (Å²) in [6.07, 6.45) is 7.40. The van der Waals surface area contributed by atoms with E-state index in [-0.39, 0.29) is 23.4 Å². The fraction of sp³-hybridized carbons (Fsp3) is 0.357. The van der Waals surface area contributed by atoms with Gasteiger partial charge < -0.3 is 10.0 Å². The fourth-order valence-electron chi connectivity index (χ4n) is 4.93. The van der Waals surface area contributed by atoms with Gasteiger partial charge in [-0.1, -0.05) is 31.2 Å². The van der Waals surface area contributed by atoms with E-state index in [2.05, 4.69) is 17.0 Å². The number of amides is 1. The van der Waals surface area contributed by atoms with Gasteiger partial charge in [0.2, 0.25) is 5.91 Å². The van der Waals surface area contributed by atoms with Crippen LogP contribution in [0.5, 0.6) is 0 Å². The van der Waals surface area contributed by atoms with E-state index in [0.29, 0.717) is 10.9 Å². The van der Waals surface area contributed by atoms with E-state index in [0.717, 1.165) is 53.0 Å². The minimum Gasteiger partial charge on any atom is -0.478 e. The second-order valence-corrected chi connectivity index (χ2v) is 11.0. The van der Waals surface area contributed by atoms with Gasteiger partial charge in [-0.05, 0) is 63.1 Å². The average molecular weight is 503 g/mol. The molecular weight excluding hydrogens is 472 g/mol. The molecule has 0 spiro atoms. The topological polar surface area (TPSA) is 87.8 Å². The molecular formula is C28H30N4O3S. The first kappa shape index (κ1) is 24.2. The number of carboxylic acids is 1. The molecule has 1 amide bonds. The summed E-state index contributed by atoms with van der Waals surface area (Å²) in [4.78, 5) is 32.6. The second kappa shape index (κ2) is 9.85. The van der Waals surface area contributed by atoms with E-state index in [1.807, 2.05) is 56.4 Å². The molecule has 1 aromatic carbocycles. The smallest absolute Gasteiger partial charge is 0.338 e. The lowest BCUT2D eigenvalue weighted by Gasteiger charge is -2.33. The zero-order valence-electron chi connectivity index (χ0n) is 20.7. The number of carbonyl (C=O) groups excluding carboxylic acids is 1. The van der Waals surface area contributed by atoms with Crippen LogP contribution in [-0.2, 0) is 4.79 Å². The zero-order valence-corrected chi connectivity index (χ0v) is 21.5. The molecule has 1 aliphatic rings. The molecule has 0 unspecified atom stereocenters. The molecule has 1 aliphatic carbocycles. The quantitative estimate of drug-likeness (QED) is 0.330. The third-order valence-corrected chi connectivity index (χ3v) is 8.17. The van der Waals surface area contributed by atoms with Gasteiger partial charge in [-0.3, -0.25) is 4.79 Å². The van der Waals surface area contributed by atoms with Crippen molar-refractivity contribution in [3.8, 4) is 21.7 Å². The number of carboxylic acid groups (broad SMARTS) is 1. The van der Waals surface area contributed by atoms with Gasteiger partial charge in [0, 0.05) is 40.9 Å². The fourth-order valence-corrected chi connectivity index (χ4v) is 6.22. The maximum atomic E-state index is 13.6. The Bertz CT molecular complexity index is 1360. The highest BCUT2D eigenvalue weighted by Gasteiger charge is 2.33. The molecule has 3 aromatic heterocycles. The molecule has 0 saturated heterocycles. The number of fused-ring (bicyclic) bond motifs is 1. The Morgan fingerprint density at radius 3 is 2.42 bits per heavy atom. The van der Waals surface area contributed by atoms with Crippen LogP contribution < -0.4 is 4.90 Å². The van der Waals surface area contributed by atoms with Crippen LogP contribution in [0.2, 0.25) is 0 Å². The normalized spacial score (nSPS) is 18.0. The van der Waals surface area contributed by atoms with Crippen LogP contribution in [0.4, 0.5) is 5.00 Å². The predicted molar refractivity (Wildman–Crippen MR) is 142 cm³/mol. The zero-order chi connectivity index (χ0) is 25.4. The van der Waals surface area contributed by atoms with Gasteiger partial charge in [0.1, 0.15) is 5.00 Å². The highest BCUT2D eigenvalue weighted by atomic mass is 32.1. The van der Waals surface area contributed by atoms with Gasteiger partial charge in [0.25, 0.3) is 0 Å². The molecule has 0 atom stereocenters. The predicted octanol–water partition coefficient (Wildman–Crippen LogP) is 6.39. The van der Waals surface area contributed by atoms with Crippen molar-refractivity contribution >= 4 is 33.9 Å².